The Labute approximate surface area is 99.3 Å². The highest BCUT2D eigenvalue weighted by Gasteiger charge is 2.14. The minimum absolute atomic E-state index is 0.593. The fourth-order valence-corrected chi connectivity index (χ4v) is 2.03. The van der Waals surface area contributed by atoms with Crippen molar-refractivity contribution >= 4 is 5.96 Å². The molecule has 1 aliphatic heterocycles. The van der Waals surface area contributed by atoms with Gasteiger partial charge in [-0.2, -0.15) is 0 Å². The van der Waals surface area contributed by atoms with Crippen molar-refractivity contribution in [2.24, 2.45) is 16.6 Å². The minimum atomic E-state index is 0.593. The molecule has 0 saturated carbocycles. The number of nitrogens with zero attached hydrogens (tertiary/aromatic N) is 2. The minimum Gasteiger partial charge on any atom is -0.370 e. The summed E-state index contributed by atoms with van der Waals surface area (Å²) < 4.78 is 0. The Hall–Kier alpha value is -0.770. The molecule has 0 amide bonds. The molecule has 1 heterocycles. The summed E-state index contributed by atoms with van der Waals surface area (Å²) in [5.74, 6) is 1.19. The predicted molar refractivity (Wildman–Crippen MR) is 69.6 cm³/mol. The number of guanidine groups is 1. The van der Waals surface area contributed by atoms with E-state index in [1.165, 1.54) is 25.9 Å². The van der Waals surface area contributed by atoms with Crippen molar-refractivity contribution in [1.82, 2.24) is 10.2 Å². The fourth-order valence-electron chi connectivity index (χ4n) is 2.03. The first kappa shape index (κ1) is 13.3. The average Bonchev–Trinajstić information content (AvgIpc) is 2.76. The summed E-state index contributed by atoms with van der Waals surface area (Å²) in [6.45, 7) is 9.79. The zero-order valence-corrected chi connectivity index (χ0v) is 10.7. The van der Waals surface area contributed by atoms with Gasteiger partial charge < -0.3 is 16.0 Å². The van der Waals surface area contributed by atoms with Gasteiger partial charge in [0.1, 0.15) is 0 Å². The molecule has 1 aliphatic rings. The number of aliphatic imine (C=N–C) groups is 1. The van der Waals surface area contributed by atoms with Crippen LogP contribution in [0.1, 0.15) is 33.1 Å². The van der Waals surface area contributed by atoms with Crippen LogP contribution in [0.4, 0.5) is 0 Å². The van der Waals surface area contributed by atoms with E-state index in [1.807, 2.05) is 0 Å². The zero-order valence-electron chi connectivity index (χ0n) is 10.7. The number of hydrogen-bond donors (Lipinski definition) is 2. The molecule has 1 unspecified atom stereocenters. The second-order valence-electron chi connectivity index (χ2n) is 4.77. The Kier molecular flexibility index (Phi) is 6.23. The third-order valence-electron chi connectivity index (χ3n) is 2.90. The molecule has 1 rings (SSSR count). The van der Waals surface area contributed by atoms with Gasteiger partial charge in [0, 0.05) is 19.6 Å². The van der Waals surface area contributed by atoms with Gasteiger partial charge in [0.15, 0.2) is 5.96 Å². The molecule has 0 aromatic carbocycles. The second kappa shape index (κ2) is 7.49. The van der Waals surface area contributed by atoms with Gasteiger partial charge in [-0.15, -0.1) is 0 Å². The highest BCUT2D eigenvalue weighted by molar-refractivity contribution is 5.77. The summed E-state index contributed by atoms with van der Waals surface area (Å²) in [5, 5.41) is 3.10. The quantitative estimate of drug-likeness (QED) is 0.525. The Bertz CT molecular complexity index is 209. The average molecular weight is 226 g/mol. The van der Waals surface area contributed by atoms with Crippen molar-refractivity contribution < 1.29 is 0 Å². The molecular weight excluding hydrogens is 200 g/mol. The van der Waals surface area contributed by atoms with E-state index in [0.29, 0.717) is 11.9 Å². The molecule has 0 radical (unpaired) electrons. The number of hydrogen-bond acceptors (Lipinski definition) is 2. The lowest BCUT2D eigenvalue weighted by molar-refractivity contribution is 0.291. The SMILES string of the molecule is CCCNC(N)=NCC(C)CN1CCCC1. The van der Waals surface area contributed by atoms with E-state index in [-0.39, 0.29) is 0 Å². The summed E-state index contributed by atoms with van der Waals surface area (Å²) in [6, 6.07) is 0. The predicted octanol–water partition coefficient (Wildman–Crippen LogP) is 1.03. The fraction of sp³-hybridized carbons (Fsp3) is 0.917. The van der Waals surface area contributed by atoms with Gasteiger partial charge in [-0.1, -0.05) is 13.8 Å². The molecule has 3 N–H and O–H groups in total. The van der Waals surface area contributed by atoms with Crippen LogP contribution in [0, 0.1) is 5.92 Å². The Morgan fingerprint density at radius 2 is 2.12 bits per heavy atom. The zero-order chi connectivity index (χ0) is 11.8. The van der Waals surface area contributed by atoms with E-state index in [9.17, 15) is 0 Å². The number of likely N-dealkylation sites (tertiary alicyclic amines) is 1. The van der Waals surface area contributed by atoms with Crippen LogP contribution in [0.15, 0.2) is 4.99 Å². The maximum Gasteiger partial charge on any atom is 0.188 e. The molecule has 0 aromatic heterocycles. The summed E-state index contributed by atoms with van der Waals surface area (Å²) >= 11 is 0. The van der Waals surface area contributed by atoms with Gasteiger partial charge in [0.25, 0.3) is 0 Å². The maximum absolute atomic E-state index is 5.74. The van der Waals surface area contributed by atoms with Crippen LogP contribution in [0.25, 0.3) is 0 Å². The van der Waals surface area contributed by atoms with Gasteiger partial charge in [-0.25, -0.2) is 0 Å². The molecule has 0 aromatic rings. The molecule has 16 heavy (non-hydrogen) atoms. The molecule has 0 spiro atoms. The van der Waals surface area contributed by atoms with Crippen LogP contribution in [-0.2, 0) is 0 Å². The number of nitrogens with two attached hydrogens (primary N) is 1. The van der Waals surface area contributed by atoms with Crippen molar-refractivity contribution in [3.8, 4) is 0 Å². The standard InChI is InChI=1S/C12H26N4/c1-3-6-14-12(13)15-9-11(2)10-16-7-4-5-8-16/h11H,3-10H2,1-2H3,(H3,13,14,15). The summed E-state index contributed by atoms with van der Waals surface area (Å²) in [6.07, 6.45) is 3.80. The first-order valence-electron chi connectivity index (χ1n) is 6.48. The summed E-state index contributed by atoms with van der Waals surface area (Å²) in [7, 11) is 0. The first-order chi connectivity index (χ1) is 7.72. The van der Waals surface area contributed by atoms with Gasteiger partial charge in [0.2, 0.25) is 0 Å². The lowest BCUT2D eigenvalue weighted by atomic mass is 10.2. The molecule has 0 aliphatic carbocycles. The largest absolute Gasteiger partial charge is 0.370 e. The van der Waals surface area contributed by atoms with Crippen LogP contribution in [0.5, 0.6) is 0 Å². The molecular formula is C12H26N4. The molecule has 4 heteroatoms. The van der Waals surface area contributed by atoms with Crippen LogP contribution < -0.4 is 11.1 Å². The van der Waals surface area contributed by atoms with Crippen LogP contribution in [-0.4, -0.2) is 43.6 Å². The van der Waals surface area contributed by atoms with Crippen molar-refractivity contribution in [3.05, 3.63) is 0 Å². The van der Waals surface area contributed by atoms with Gasteiger partial charge in [0.05, 0.1) is 0 Å². The van der Waals surface area contributed by atoms with E-state index in [2.05, 4.69) is 29.1 Å². The third-order valence-corrected chi connectivity index (χ3v) is 2.90. The Morgan fingerprint density at radius 3 is 2.75 bits per heavy atom. The lowest BCUT2D eigenvalue weighted by Gasteiger charge is -2.18. The maximum atomic E-state index is 5.74. The topological polar surface area (TPSA) is 53.6 Å². The van der Waals surface area contributed by atoms with E-state index < -0.39 is 0 Å². The van der Waals surface area contributed by atoms with Crippen molar-refractivity contribution in [3.63, 3.8) is 0 Å². The highest BCUT2D eigenvalue weighted by Crippen LogP contribution is 2.10. The van der Waals surface area contributed by atoms with E-state index in [1.54, 1.807) is 0 Å². The molecule has 0 bridgehead atoms. The highest BCUT2D eigenvalue weighted by atomic mass is 15.1. The molecule has 1 saturated heterocycles. The van der Waals surface area contributed by atoms with E-state index >= 15 is 0 Å². The van der Waals surface area contributed by atoms with Crippen LogP contribution >= 0.6 is 0 Å². The molecule has 1 fully saturated rings. The Balaban J connectivity index is 2.14. The van der Waals surface area contributed by atoms with Crippen molar-refractivity contribution in [2.45, 2.75) is 33.1 Å². The van der Waals surface area contributed by atoms with Gasteiger partial charge in [-0.05, 0) is 38.3 Å². The monoisotopic (exact) mass is 226 g/mol. The van der Waals surface area contributed by atoms with Crippen molar-refractivity contribution in [1.29, 1.82) is 0 Å². The smallest absolute Gasteiger partial charge is 0.188 e. The van der Waals surface area contributed by atoms with Crippen LogP contribution in [0.3, 0.4) is 0 Å². The number of rotatable bonds is 6. The molecule has 4 nitrogen and oxygen atoms in total. The molecule has 1 atom stereocenters. The van der Waals surface area contributed by atoms with Crippen LogP contribution in [0.2, 0.25) is 0 Å². The summed E-state index contributed by atoms with van der Waals surface area (Å²) in [4.78, 5) is 6.88. The summed E-state index contributed by atoms with van der Waals surface area (Å²) in [5.41, 5.74) is 5.74. The third kappa shape index (κ3) is 5.35. The van der Waals surface area contributed by atoms with Crippen molar-refractivity contribution in [2.75, 3.05) is 32.7 Å². The first-order valence-corrected chi connectivity index (χ1v) is 6.48. The van der Waals surface area contributed by atoms with Gasteiger partial charge in [-0.3, -0.25) is 4.99 Å². The second-order valence-corrected chi connectivity index (χ2v) is 4.77. The normalized spacial score (nSPS) is 20.0. The Morgan fingerprint density at radius 1 is 1.44 bits per heavy atom. The lowest BCUT2D eigenvalue weighted by Crippen LogP contribution is -2.33. The molecule has 94 valence electrons. The van der Waals surface area contributed by atoms with Gasteiger partial charge >= 0.3 is 0 Å². The number of nitrogens with one attached hydrogen (secondary N) is 1. The van der Waals surface area contributed by atoms with E-state index in [4.69, 9.17) is 5.73 Å². The van der Waals surface area contributed by atoms with E-state index in [0.717, 1.165) is 26.1 Å².